The largest absolute Gasteiger partial charge is 0.379 e. The van der Waals surface area contributed by atoms with Crippen molar-refractivity contribution in [3.8, 4) is 0 Å². The number of ether oxygens (including phenoxy) is 2. The summed E-state index contributed by atoms with van der Waals surface area (Å²) in [4.78, 5) is 12.3. The van der Waals surface area contributed by atoms with Crippen LogP contribution in [0, 0.1) is 17.8 Å². The molecule has 4 aliphatic rings. The molecule has 0 spiro atoms. The highest BCUT2D eigenvalue weighted by atomic mass is 35.5. The normalized spacial score (nSPS) is 31.2. The molecule has 0 unspecified atom stereocenters. The highest BCUT2D eigenvalue weighted by Crippen LogP contribution is 2.55. The van der Waals surface area contributed by atoms with Crippen LogP contribution < -0.4 is 10.6 Å². The molecule has 156 valence electrons. The summed E-state index contributed by atoms with van der Waals surface area (Å²) in [6, 6.07) is -0.0197. The van der Waals surface area contributed by atoms with Crippen LogP contribution in [0.15, 0.2) is 0 Å². The molecule has 5 nitrogen and oxygen atoms in total. The Morgan fingerprint density at radius 3 is 2.07 bits per heavy atom. The van der Waals surface area contributed by atoms with E-state index in [-0.39, 0.29) is 11.6 Å². The molecule has 27 heavy (non-hydrogen) atoms. The average molecular weight is 401 g/mol. The van der Waals surface area contributed by atoms with Gasteiger partial charge in [-0.3, -0.25) is 0 Å². The third-order valence-corrected chi connectivity index (χ3v) is 6.76. The first-order valence-corrected chi connectivity index (χ1v) is 11.5. The van der Waals surface area contributed by atoms with Crippen LogP contribution in [-0.4, -0.2) is 50.4 Å². The van der Waals surface area contributed by atoms with Gasteiger partial charge >= 0.3 is 6.03 Å². The molecule has 0 heterocycles. The van der Waals surface area contributed by atoms with E-state index in [2.05, 4.69) is 10.6 Å². The minimum Gasteiger partial charge on any atom is -0.379 e. The predicted octanol–water partition coefficient (Wildman–Crippen LogP) is 4.09. The van der Waals surface area contributed by atoms with Crippen LogP contribution in [0.4, 0.5) is 4.79 Å². The van der Waals surface area contributed by atoms with E-state index in [4.69, 9.17) is 21.1 Å². The van der Waals surface area contributed by atoms with Gasteiger partial charge in [-0.2, -0.15) is 0 Å². The van der Waals surface area contributed by atoms with Crippen LogP contribution in [0.2, 0.25) is 0 Å². The molecule has 2 amide bonds. The fourth-order valence-corrected chi connectivity index (χ4v) is 5.95. The lowest BCUT2D eigenvalue weighted by Crippen LogP contribution is -2.61. The van der Waals surface area contributed by atoms with Gasteiger partial charge in [0.05, 0.1) is 19.8 Å². The van der Waals surface area contributed by atoms with Gasteiger partial charge in [-0.25, -0.2) is 4.79 Å². The molecule has 0 radical (unpaired) electrons. The summed E-state index contributed by atoms with van der Waals surface area (Å²) in [7, 11) is 0. The maximum atomic E-state index is 12.3. The Morgan fingerprint density at radius 1 is 0.852 bits per heavy atom. The first-order chi connectivity index (χ1) is 13.2. The number of nitrogens with one attached hydrogen (secondary N) is 2. The van der Waals surface area contributed by atoms with Gasteiger partial charge in [-0.15, -0.1) is 11.6 Å². The van der Waals surface area contributed by atoms with Crippen LogP contribution in [0.25, 0.3) is 0 Å². The standard InChI is InChI=1S/C21H37ClN2O3/c22-5-3-1-2-4-7-26-9-10-27-8-6-23-20(25)24-21-14-17-11-18(15-21)13-19(12-17)16-21/h17-19H,1-16H2,(H2,23,24,25). The number of hydrogen-bond acceptors (Lipinski definition) is 3. The number of hydrogen-bond donors (Lipinski definition) is 2. The SMILES string of the molecule is O=C(NCCOCCOCCCCCCCl)NC12CC3CC(CC(C3)C1)C2. The van der Waals surface area contributed by atoms with Crippen LogP contribution in [-0.2, 0) is 9.47 Å². The molecule has 4 bridgehead atoms. The monoisotopic (exact) mass is 400 g/mol. The Morgan fingerprint density at radius 2 is 1.44 bits per heavy atom. The van der Waals surface area contributed by atoms with Gasteiger partial charge in [0.15, 0.2) is 0 Å². The quantitative estimate of drug-likeness (QED) is 0.361. The van der Waals surface area contributed by atoms with E-state index < -0.39 is 0 Å². The number of alkyl halides is 1. The van der Waals surface area contributed by atoms with Gasteiger partial charge in [0, 0.05) is 24.6 Å². The molecule has 0 atom stereocenters. The molecule has 0 saturated heterocycles. The van der Waals surface area contributed by atoms with Crippen molar-refractivity contribution in [1.82, 2.24) is 10.6 Å². The fourth-order valence-electron chi connectivity index (χ4n) is 5.76. The molecule has 2 N–H and O–H groups in total. The van der Waals surface area contributed by atoms with Crippen LogP contribution in [0.3, 0.4) is 0 Å². The average Bonchev–Trinajstić information content (AvgIpc) is 2.61. The number of urea groups is 1. The summed E-state index contributed by atoms with van der Waals surface area (Å²) in [6.07, 6.45) is 12.3. The lowest BCUT2D eigenvalue weighted by molar-refractivity contribution is -0.0136. The minimum absolute atomic E-state index is 0.0197. The van der Waals surface area contributed by atoms with Crippen molar-refractivity contribution in [3.63, 3.8) is 0 Å². The smallest absolute Gasteiger partial charge is 0.315 e. The van der Waals surface area contributed by atoms with Crippen LogP contribution >= 0.6 is 11.6 Å². The summed E-state index contributed by atoms with van der Waals surface area (Å²) in [5.41, 5.74) is 0.0807. The molecular weight excluding hydrogens is 364 g/mol. The molecule has 0 aliphatic heterocycles. The van der Waals surface area contributed by atoms with E-state index in [0.29, 0.717) is 26.4 Å². The molecular formula is C21H37ClN2O3. The Hall–Kier alpha value is -0.520. The fraction of sp³-hybridized carbons (Fsp3) is 0.952. The van der Waals surface area contributed by atoms with Crippen molar-refractivity contribution in [1.29, 1.82) is 0 Å². The van der Waals surface area contributed by atoms with Gasteiger partial charge in [-0.05, 0) is 69.1 Å². The number of carbonyl (C=O) groups excluding carboxylic acids is 1. The lowest BCUT2D eigenvalue weighted by atomic mass is 9.53. The maximum Gasteiger partial charge on any atom is 0.315 e. The summed E-state index contributed by atoms with van der Waals surface area (Å²) in [5.74, 6) is 3.30. The molecule has 4 aliphatic carbocycles. The zero-order chi connectivity index (χ0) is 19.0. The van der Waals surface area contributed by atoms with Gasteiger partial charge in [0.1, 0.15) is 0 Å². The van der Waals surface area contributed by atoms with Gasteiger partial charge in [0.2, 0.25) is 0 Å². The highest BCUT2D eigenvalue weighted by Gasteiger charge is 2.51. The lowest BCUT2D eigenvalue weighted by Gasteiger charge is -2.56. The highest BCUT2D eigenvalue weighted by molar-refractivity contribution is 6.17. The van der Waals surface area contributed by atoms with Gasteiger partial charge < -0.3 is 20.1 Å². The van der Waals surface area contributed by atoms with Crippen molar-refractivity contribution in [2.75, 3.05) is 38.9 Å². The summed E-state index contributed by atoms with van der Waals surface area (Å²) in [5, 5.41) is 6.29. The molecule has 6 heteroatoms. The van der Waals surface area contributed by atoms with Crippen molar-refractivity contribution in [2.24, 2.45) is 17.8 Å². The second-order valence-corrected chi connectivity index (χ2v) is 9.28. The second-order valence-electron chi connectivity index (χ2n) is 8.91. The molecule has 4 rings (SSSR count). The van der Waals surface area contributed by atoms with Crippen molar-refractivity contribution in [3.05, 3.63) is 0 Å². The summed E-state index contributed by atoms with van der Waals surface area (Å²) >= 11 is 5.64. The maximum absolute atomic E-state index is 12.3. The van der Waals surface area contributed by atoms with Crippen molar-refractivity contribution in [2.45, 2.75) is 69.7 Å². The zero-order valence-electron chi connectivity index (χ0n) is 16.6. The predicted molar refractivity (Wildman–Crippen MR) is 108 cm³/mol. The number of carbonyl (C=O) groups is 1. The Kier molecular flexibility index (Phi) is 8.53. The van der Waals surface area contributed by atoms with E-state index in [1.807, 2.05) is 0 Å². The molecule has 0 aromatic heterocycles. The minimum atomic E-state index is -0.0197. The molecule has 0 aromatic rings. The van der Waals surface area contributed by atoms with E-state index in [0.717, 1.165) is 43.1 Å². The third kappa shape index (κ3) is 6.79. The number of unbranched alkanes of at least 4 members (excludes halogenated alkanes) is 3. The second kappa shape index (κ2) is 10.9. The Bertz CT molecular complexity index is 425. The first kappa shape index (κ1) is 21.2. The van der Waals surface area contributed by atoms with Crippen LogP contribution in [0.5, 0.6) is 0 Å². The van der Waals surface area contributed by atoms with E-state index in [9.17, 15) is 4.79 Å². The van der Waals surface area contributed by atoms with Crippen molar-refractivity contribution < 1.29 is 14.3 Å². The number of halogens is 1. The number of amides is 2. The summed E-state index contributed by atoms with van der Waals surface area (Å²) in [6.45, 7) is 3.08. The topological polar surface area (TPSA) is 59.6 Å². The van der Waals surface area contributed by atoms with E-state index in [1.165, 1.54) is 51.4 Å². The van der Waals surface area contributed by atoms with Crippen molar-refractivity contribution >= 4 is 17.6 Å². The van der Waals surface area contributed by atoms with Gasteiger partial charge in [0.25, 0.3) is 0 Å². The first-order valence-electron chi connectivity index (χ1n) is 11.0. The zero-order valence-corrected chi connectivity index (χ0v) is 17.4. The summed E-state index contributed by atoms with van der Waals surface area (Å²) < 4.78 is 11.1. The Labute approximate surface area is 169 Å². The molecule has 4 saturated carbocycles. The number of rotatable bonds is 13. The van der Waals surface area contributed by atoms with E-state index in [1.54, 1.807) is 0 Å². The Balaban J connectivity index is 1.16. The van der Waals surface area contributed by atoms with Gasteiger partial charge in [-0.1, -0.05) is 12.8 Å². The molecule has 4 fully saturated rings. The van der Waals surface area contributed by atoms with Crippen LogP contribution in [0.1, 0.15) is 64.2 Å². The third-order valence-electron chi connectivity index (χ3n) is 6.49. The molecule has 0 aromatic carbocycles. The van der Waals surface area contributed by atoms with E-state index >= 15 is 0 Å².